The van der Waals surface area contributed by atoms with Crippen LogP contribution in [0.2, 0.25) is 5.02 Å². The molecule has 1 N–H and O–H groups in total. The molecule has 0 aromatic heterocycles. The van der Waals surface area contributed by atoms with Crippen LogP contribution in [-0.2, 0) is 9.53 Å². The Morgan fingerprint density at radius 3 is 2.61 bits per heavy atom. The fourth-order valence-electron chi connectivity index (χ4n) is 1.33. The Kier molecular flexibility index (Phi) is 5.05. The average molecular weight is 335 g/mol. The maximum absolute atomic E-state index is 11.6. The van der Waals surface area contributed by atoms with Crippen molar-refractivity contribution in [3.8, 4) is 0 Å². The van der Waals surface area contributed by atoms with E-state index in [0.717, 1.165) is 15.7 Å². The van der Waals surface area contributed by atoms with Crippen molar-refractivity contribution in [2.75, 3.05) is 11.9 Å². The van der Waals surface area contributed by atoms with Gasteiger partial charge in [-0.25, -0.2) is 0 Å². The summed E-state index contributed by atoms with van der Waals surface area (Å²) in [7, 11) is 0. The van der Waals surface area contributed by atoms with Crippen LogP contribution in [0.15, 0.2) is 16.6 Å². The van der Waals surface area contributed by atoms with E-state index in [1.807, 2.05) is 33.8 Å². The maximum Gasteiger partial charge on any atom is 0.325 e. The minimum Gasteiger partial charge on any atom is -0.459 e. The third kappa shape index (κ3) is 4.86. The predicted molar refractivity (Wildman–Crippen MR) is 78.2 cm³/mol. The Bertz CT molecular complexity index is 455. The molecule has 0 aliphatic rings. The van der Waals surface area contributed by atoms with Gasteiger partial charge in [-0.15, -0.1) is 0 Å². The van der Waals surface area contributed by atoms with Crippen molar-refractivity contribution >= 4 is 39.2 Å². The molecule has 100 valence electrons. The van der Waals surface area contributed by atoms with Gasteiger partial charge in [0.1, 0.15) is 12.1 Å². The Labute approximate surface area is 121 Å². The number of nitrogens with one attached hydrogen (secondary N) is 1. The Morgan fingerprint density at radius 1 is 1.44 bits per heavy atom. The highest BCUT2D eigenvalue weighted by Crippen LogP contribution is 2.29. The zero-order chi connectivity index (χ0) is 13.9. The van der Waals surface area contributed by atoms with Crippen LogP contribution in [0.5, 0.6) is 0 Å². The van der Waals surface area contributed by atoms with Crippen LogP contribution in [0, 0.1) is 6.92 Å². The lowest BCUT2D eigenvalue weighted by molar-refractivity contribution is -0.152. The van der Waals surface area contributed by atoms with Gasteiger partial charge >= 0.3 is 5.97 Å². The fraction of sp³-hybridized carbons (Fsp3) is 0.462. The molecular formula is C13H17BrClNO2. The van der Waals surface area contributed by atoms with E-state index in [4.69, 9.17) is 16.3 Å². The van der Waals surface area contributed by atoms with Crippen molar-refractivity contribution in [1.82, 2.24) is 0 Å². The average Bonchev–Trinajstić information content (AvgIpc) is 2.19. The Hall–Kier alpha value is -0.740. The van der Waals surface area contributed by atoms with Crippen LogP contribution in [0.1, 0.15) is 26.3 Å². The van der Waals surface area contributed by atoms with Crippen LogP contribution >= 0.6 is 27.5 Å². The minimum atomic E-state index is -0.471. The Balaban J connectivity index is 2.64. The van der Waals surface area contributed by atoms with Gasteiger partial charge in [0.25, 0.3) is 0 Å². The van der Waals surface area contributed by atoms with Gasteiger partial charge in [-0.1, -0.05) is 11.6 Å². The molecule has 3 nitrogen and oxygen atoms in total. The van der Waals surface area contributed by atoms with Crippen molar-refractivity contribution in [3.63, 3.8) is 0 Å². The second kappa shape index (κ2) is 5.93. The second-order valence-corrected chi connectivity index (χ2v) is 6.28. The van der Waals surface area contributed by atoms with Gasteiger partial charge < -0.3 is 10.1 Å². The highest BCUT2D eigenvalue weighted by molar-refractivity contribution is 9.10. The summed E-state index contributed by atoms with van der Waals surface area (Å²) in [5, 5.41) is 3.65. The van der Waals surface area contributed by atoms with E-state index in [1.54, 1.807) is 6.07 Å². The number of carbonyl (C=O) groups is 1. The molecule has 0 unspecified atom stereocenters. The first-order valence-electron chi connectivity index (χ1n) is 5.60. The van der Waals surface area contributed by atoms with Crippen LogP contribution < -0.4 is 5.32 Å². The van der Waals surface area contributed by atoms with Gasteiger partial charge in [-0.05, 0) is 61.3 Å². The zero-order valence-electron chi connectivity index (χ0n) is 10.9. The largest absolute Gasteiger partial charge is 0.459 e. The van der Waals surface area contributed by atoms with E-state index >= 15 is 0 Å². The molecule has 0 amide bonds. The monoisotopic (exact) mass is 333 g/mol. The highest BCUT2D eigenvalue weighted by Gasteiger charge is 2.16. The number of anilines is 1. The molecule has 0 saturated heterocycles. The van der Waals surface area contributed by atoms with E-state index in [9.17, 15) is 4.79 Å². The summed E-state index contributed by atoms with van der Waals surface area (Å²) in [6.07, 6.45) is 0. The number of hydrogen-bond acceptors (Lipinski definition) is 3. The molecule has 0 atom stereocenters. The summed E-state index contributed by atoms with van der Waals surface area (Å²) in [5.74, 6) is -0.300. The molecule has 0 heterocycles. The third-order valence-corrected chi connectivity index (χ3v) is 3.15. The summed E-state index contributed by atoms with van der Waals surface area (Å²) in [6, 6.07) is 3.69. The van der Waals surface area contributed by atoms with Crippen molar-refractivity contribution < 1.29 is 9.53 Å². The molecule has 5 heteroatoms. The Morgan fingerprint density at radius 2 is 2.06 bits per heavy atom. The first-order chi connectivity index (χ1) is 8.19. The van der Waals surface area contributed by atoms with E-state index in [1.165, 1.54) is 0 Å². The standard InChI is InChI=1S/C13H17BrClNO2/c1-8-5-9(14)11(6-10(8)15)16-7-12(17)18-13(2,3)4/h5-6,16H,7H2,1-4H3. The minimum absolute atomic E-state index is 0.106. The number of hydrogen-bond donors (Lipinski definition) is 1. The third-order valence-electron chi connectivity index (χ3n) is 2.09. The van der Waals surface area contributed by atoms with Crippen molar-refractivity contribution in [2.45, 2.75) is 33.3 Å². The molecular weight excluding hydrogens is 318 g/mol. The normalized spacial score (nSPS) is 11.2. The topological polar surface area (TPSA) is 38.3 Å². The van der Waals surface area contributed by atoms with Crippen molar-refractivity contribution in [1.29, 1.82) is 0 Å². The van der Waals surface area contributed by atoms with Gasteiger partial charge in [0.05, 0.1) is 5.69 Å². The molecule has 0 saturated carbocycles. The number of aryl methyl sites for hydroxylation is 1. The summed E-state index contributed by atoms with van der Waals surface area (Å²) < 4.78 is 6.07. The lowest BCUT2D eigenvalue weighted by Crippen LogP contribution is -2.28. The molecule has 0 aliphatic heterocycles. The first-order valence-corrected chi connectivity index (χ1v) is 6.77. The van der Waals surface area contributed by atoms with Crippen LogP contribution in [0.3, 0.4) is 0 Å². The SMILES string of the molecule is Cc1cc(Br)c(NCC(=O)OC(C)(C)C)cc1Cl. The number of carbonyl (C=O) groups excluding carboxylic acids is 1. The molecule has 1 aromatic rings. The summed E-state index contributed by atoms with van der Waals surface area (Å²) in [5.41, 5.74) is 1.28. The molecule has 0 bridgehead atoms. The molecule has 0 aliphatic carbocycles. The van der Waals surface area contributed by atoms with E-state index < -0.39 is 5.60 Å². The smallest absolute Gasteiger partial charge is 0.325 e. The van der Waals surface area contributed by atoms with Gasteiger partial charge in [0, 0.05) is 9.50 Å². The molecule has 1 rings (SSSR count). The lowest BCUT2D eigenvalue weighted by Gasteiger charge is -2.20. The van der Waals surface area contributed by atoms with Gasteiger partial charge in [0.2, 0.25) is 0 Å². The van der Waals surface area contributed by atoms with Gasteiger partial charge in [-0.3, -0.25) is 4.79 Å². The number of halogens is 2. The predicted octanol–water partition coefficient (Wildman–Crippen LogP) is 4.16. The number of rotatable bonds is 3. The van der Waals surface area contributed by atoms with Crippen molar-refractivity contribution in [2.24, 2.45) is 0 Å². The first kappa shape index (κ1) is 15.3. The van der Waals surface area contributed by atoms with E-state index in [-0.39, 0.29) is 12.5 Å². The van der Waals surface area contributed by atoms with Crippen LogP contribution in [-0.4, -0.2) is 18.1 Å². The quantitative estimate of drug-likeness (QED) is 0.843. The van der Waals surface area contributed by atoms with Gasteiger partial charge in [0.15, 0.2) is 0 Å². The van der Waals surface area contributed by atoms with E-state index in [0.29, 0.717) is 5.02 Å². The fourth-order valence-corrected chi connectivity index (χ4v) is 2.09. The van der Waals surface area contributed by atoms with Crippen LogP contribution in [0.4, 0.5) is 5.69 Å². The molecule has 0 radical (unpaired) electrons. The number of esters is 1. The molecule has 18 heavy (non-hydrogen) atoms. The highest BCUT2D eigenvalue weighted by atomic mass is 79.9. The van der Waals surface area contributed by atoms with Gasteiger partial charge in [-0.2, -0.15) is 0 Å². The number of ether oxygens (including phenoxy) is 1. The summed E-state index contributed by atoms with van der Waals surface area (Å²) in [4.78, 5) is 11.6. The lowest BCUT2D eigenvalue weighted by atomic mass is 10.2. The van der Waals surface area contributed by atoms with Crippen LogP contribution in [0.25, 0.3) is 0 Å². The molecule has 1 aromatic carbocycles. The molecule has 0 spiro atoms. The second-order valence-electron chi connectivity index (χ2n) is 5.02. The maximum atomic E-state index is 11.6. The van der Waals surface area contributed by atoms with Crippen molar-refractivity contribution in [3.05, 3.63) is 27.2 Å². The summed E-state index contributed by atoms with van der Waals surface area (Å²) >= 11 is 9.45. The number of benzene rings is 1. The van der Waals surface area contributed by atoms with E-state index in [2.05, 4.69) is 21.2 Å². The zero-order valence-corrected chi connectivity index (χ0v) is 13.3. The molecule has 0 fully saturated rings. The summed E-state index contributed by atoms with van der Waals surface area (Å²) in [6.45, 7) is 7.54.